The minimum atomic E-state index is -0.703. The number of carboxylic acid groups (broad SMARTS) is 1. The number of hydrogen-bond donors (Lipinski definition) is 2. The number of likely N-dealkylation sites (tertiary alicyclic amines) is 1. The van der Waals surface area contributed by atoms with Gasteiger partial charge >= 0.3 is 5.97 Å². The summed E-state index contributed by atoms with van der Waals surface area (Å²) in [7, 11) is 0. The van der Waals surface area contributed by atoms with E-state index in [1.54, 1.807) is 0 Å². The summed E-state index contributed by atoms with van der Waals surface area (Å²) in [4.78, 5) is 34.4. The van der Waals surface area contributed by atoms with Gasteiger partial charge in [0.2, 0.25) is 0 Å². The van der Waals surface area contributed by atoms with E-state index in [4.69, 9.17) is 21.3 Å². The molecular weight excluding hydrogens is 675 g/mol. The number of halogens is 2. The highest BCUT2D eigenvalue weighted by Crippen LogP contribution is 2.55. The van der Waals surface area contributed by atoms with Gasteiger partial charge in [-0.2, -0.15) is 11.8 Å². The normalized spacial score (nSPS) is 41.4. The molecule has 4 aliphatic carbocycles. The lowest BCUT2D eigenvalue weighted by molar-refractivity contribution is -0.142. The molecule has 3 saturated carbocycles. The Morgan fingerprint density at radius 3 is 2.74 bits per heavy atom. The van der Waals surface area contributed by atoms with E-state index in [0.717, 1.165) is 101 Å². The summed E-state index contributed by atoms with van der Waals surface area (Å²) in [6.07, 6.45) is 14.3. The maximum Gasteiger partial charge on any atom is 0.308 e. The standard InChI is InChI=1S/C39H58ClFN4O4S/c1-22-16-29(35-34(42-22)31(21-50-35)38(47)48)28-18-25(40)9-10-33(28)49-15-14-44-23(2)43-36-30(37(44)46)19-27(20-39(36)11-12-39)45-13-4-3-8-32(45)24-6-5-7-26(41)17-24/h22,24-29,31-35,42H,3-21H2,1-2H3,(H,47,48)/t22?,24?,25?,26?,27-,28?,29?,31?,32-,33?,34?,35?/m0/s1. The number of nitrogens with one attached hydrogen (secondary N) is 1. The van der Waals surface area contributed by atoms with E-state index in [-0.39, 0.29) is 51.6 Å². The van der Waals surface area contributed by atoms with Crippen LogP contribution >= 0.6 is 23.4 Å². The number of aromatic nitrogens is 2. The number of ether oxygens (including phenoxy) is 1. The van der Waals surface area contributed by atoms with Crippen LogP contribution in [0.1, 0.15) is 114 Å². The fraction of sp³-hybridized carbons (Fsp3) is 0.872. The van der Waals surface area contributed by atoms with E-state index in [9.17, 15) is 19.1 Å². The van der Waals surface area contributed by atoms with Crippen LogP contribution in [0.15, 0.2) is 4.79 Å². The molecule has 2 N–H and O–H groups in total. The lowest BCUT2D eigenvalue weighted by atomic mass is 9.70. The summed E-state index contributed by atoms with van der Waals surface area (Å²) < 4.78 is 23.2. The van der Waals surface area contributed by atoms with Crippen molar-refractivity contribution in [3.63, 3.8) is 0 Å². The Hall–Kier alpha value is -1.20. The number of fused-ring (bicyclic) bond motifs is 3. The average Bonchev–Trinajstić information content (AvgIpc) is 3.73. The number of thioether (sulfide) groups is 1. The number of rotatable bonds is 8. The summed E-state index contributed by atoms with van der Waals surface area (Å²) >= 11 is 8.62. The SMILES string of the molecule is Cc1nc2c(c(=O)n1CCOC1CCC(Cl)CC1C1CC(C)NC3C(C(=O)O)CSC13)C[C@H](N1CCCC[C@H]1C1CCCC(F)C1)CC21CC1. The molecule has 11 heteroatoms. The van der Waals surface area contributed by atoms with Crippen LogP contribution in [-0.2, 0) is 27.9 Å². The van der Waals surface area contributed by atoms with Crippen LogP contribution in [0.3, 0.4) is 0 Å². The molecule has 3 aliphatic heterocycles. The van der Waals surface area contributed by atoms with E-state index in [1.807, 2.05) is 23.3 Å². The van der Waals surface area contributed by atoms with Gasteiger partial charge in [0.15, 0.2) is 0 Å². The predicted octanol–water partition coefficient (Wildman–Crippen LogP) is 6.26. The smallest absolute Gasteiger partial charge is 0.308 e. The third-order valence-electron chi connectivity index (χ3n) is 14.2. The molecule has 7 aliphatic rings. The number of piperidine rings is 2. The second kappa shape index (κ2) is 14.6. The predicted molar refractivity (Wildman–Crippen MR) is 196 cm³/mol. The van der Waals surface area contributed by atoms with E-state index < -0.39 is 12.1 Å². The first-order valence-corrected chi connectivity index (χ1v) is 21.5. The van der Waals surface area contributed by atoms with Crippen molar-refractivity contribution in [2.75, 3.05) is 18.9 Å². The summed E-state index contributed by atoms with van der Waals surface area (Å²) in [5.74, 6) is 1.42. The first kappa shape index (κ1) is 35.8. The van der Waals surface area contributed by atoms with E-state index in [0.29, 0.717) is 49.2 Å². The van der Waals surface area contributed by atoms with Gasteiger partial charge in [0.05, 0.1) is 30.9 Å². The van der Waals surface area contributed by atoms with Gasteiger partial charge in [-0.3, -0.25) is 19.1 Å². The maximum absolute atomic E-state index is 14.6. The lowest BCUT2D eigenvalue weighted by Gasteiger charge is -2.48. The molecule has 10 unspecified atom stereocenters. The molecule has 6 fully saturated rings. The molecule has 4 heterocycles. The molecule has 0 aromatic carbocycles. The van der Waals surface area contributed by atoms with E-state index in [2.05, 4.69) is 17.1 Å². The Morgan fingerprint density at radius 1 is 1.12 bits per heavy atom. The zero-order chi connectivity index (χ0) is 34.7. The topological polar surface area (TPSA) is 96.7 Å². The number of alkyl halides is 2. The molecule has 0 amide bonds. The van der Waals surface area contributed by atoms with Crippen molar-refractivity contribution in [2.24, 2.45) is 23.7 Å². The van der Waals surface area contributed by atoms with Crippen molar-refractivity contribution in [3.05, 3.63) is 27.4 Å². The van der Waals surface area contributed by atoms with Crippen molar-refractivity contribution in [1.29, 1.82) is 0 Å². The molecule has 8 rings (SSSR count). The fourth-order valence-corrected chi connectivity index (χ4v) is 13.8. The van der Waals surface area contributed by atoms with Crippen LogP contribution in [0, 0.1) is 30.6 Å². The van der Waals surface area contributed by atoms with Gasteiger partial charge in [0.1, 0.15) is 12.0 Å². The molecule has 8 nitrogen and oxygen atoms in total. The number of carbonyl (C=O) groups is 1. The quantitative estimate of drug-likeness (QED) is 0.303. The van der Waals surface area contributed by atoms with Crippen LogP contribution in [-0.4, -0.2) is 91.5 Å². The molecule has 3 saturated heterocycles. The molecule has 278 valence electrons. The number of aliphatic carboxylic acids is 1. The molecule has 12 atom stereocenters. The van der Waals surface area contributed by atoms with Gasteiger partial charge < -0.3 is 15.2 Å². The van der Waals surface area contributed by atoms with Crippen LogP contribution in [0.5, 0.6) is 0 Å². The Labute approximate surface area is 306 Å². The van der Waals surface area contributed by atoms with Crippen molar-refractivity contribution < 1.29 is 19.0 Å². The third kappa shape index (κ3) is 6.84. The van der Waals surface area contributed by atoms with Crippen LogP contribution in [0.4, 0.5) is 4.39 Å². The first-order valence-electron chi connectivity index (χ1n) is 20.0. The second-order valence-corrected chi connectivity index (χ2v) is 19.2. The van der Waals surface area contributed by atoms with Gasteiger partial charge in [0, 0.05) is 51.5 Å². The zero-order valence-electron chi connectivity index (χ0n) is 30.0. The number of aryl methyl sites for hydroxylation is 1. The monoisotopic (exact) mass is 732 g/mol. The van der Waals surface area contributed by atoms with Crippen molar-refractivity contribution in [3.8, 4) is 0 Å². The van der Waals surface area contributed by atoms with Gasteiger partial charge in [0.25, 0.3) is 5.56 Å². The minimum absolute atomic E-state index is 0.0209. The summed E-state index contributed by atoms with van der Waals surface area (Å²) in [5.41, 5.74) is 2.12. The van der Waals surface area contributed by atoms with Crippen LogP contribution in [0.25, 0.3) is 0 Å². The molecule has 1 spiro atoms. The van der Waals surface area contributed by atoms with E-state index >= 15 is 0 Å². The van der Waals surface area contributed by atoms with Crippen LogP contribution < -0.4 is 10.9 Å². The number of nitrogens with zero attached hydrogens (tertiary/aromatic N) is 3. The van der Waals surface area contributed by atoms with Crippen LogP contribution in [0.2, 0.25) is 0 Å². The summed E-state index contributed by atoms with van der Waals surface area (Å²) in [5, 5.41) is 13.9. The second-order valence-electron chi connectivity index (χ2n) is 17.3. The fourth-order valence-electron chi connectivity index (χ4n) is 11.6. The lowest BCUT2D eigenvalue weighted by Crippen LogP contribution is -2.57. The Balaban J connectivity index is 0.981. The average molecular weight is 733 g/mol. The van der Waals surface area contributed by atoms with Gasteiger partial charge in [-0.05, 0) is 122 Å². The maximum atomic E-state index is 14.6. The zero-order valence-corrected chi connectivity index (χ0v) is 31.6. The highest BCUT2D eigenvalue weighted by molar-refractivity contribution is 8.00. The van der Waals surface area contributed by atoms with Crippen molar-refractivity contribution >= 4 is 29.3 Å². The van der Waals surface area contributed by atoms with E-state index in [1.165, 1.54) is 12.8 Å². The first-order chi connectivity index (χ1) is 24.1. The highest BCUT2D eigenvalue weighted by atomic mass is 35.5. The Kier molecular flexibility index (Phi) is 10.4. The number of carboxylic acids is 1. The van der Waals surface area contributed by atoms with Crippen molar-refractivity contribution in [1.82, 2.24) is 19.8 Å². The van der Waals surface area contributed by atoms with Crippen molar-refractivity contribution in [2.45, 2.75) is 169 Å². The molecule has 50 heavy (non-hydrogen) atoms. The molecular formula is C39H58ClFN4O4S. The third-order valence-corrected chi connectivity index (χ3v) is 16.2. The molecule has 1 aromatic heterocycles. The summed E-state index contributed by atoms with van der Waals surface area (Å²) in [6.45, 7) is 6.15. The molecule has 0 bridgehead atoms. The Bertz CT molecular complexity index is 1480. The highest BCUT2D eigenvalue weighted by Gasteiger charge is 2.54. The summed E-state index contributed by atoms with van der Waals surface area (Å²) in [6, 6.07) is 0.996. The van der Waals surface area contributed by atoms with Gasteiger partial charge in [-0.15, -0.1) is 11.6 Å². The Morgan fingerprint density at radius 2 is 1.96 bits per heavy atom. The van der Waals surface area contributed by atoms with Gasteiger partial charge in [-0.25, -0.2) is 9.37 Å². The van der Waals surface area contributed by atoms with Gasteiger partial charge in [-0.1, -0.05) is 12.8 Å². The number of hydrogen-bond acceptors (Lipinski definition) is 7. The largest absolute Gasteiger partial charge is 0.481 e. The molecule has 1 aromatic rings. The molecule has 0 radical (unpaired) electrons. The minimum Gasteiger partial charge on any atom is -0.481 e.